The average Bonchev–Trinajstić information content (AvgIpc) is 2.29. The summed E-state index contributed by atoms with van der Waals surface area (Å²) in [6.07, 6.45) is -4.45. The number of carbonyl (C=O) groups is 1. The number of rotatable bonds is 4. The minimum atomic E-state index is -5.03. The molecule has 0 aliphatic heterocycles. The molecule has 20 heavy (non-hydrogen) atoms. The number of esters is 1. The van der Waals surface area contributed by atoms with Gasteiger partial charge >= 0.3 is 18.0 Å². The number of nitrogens with zero attached hydrogens (tertiary/aromatic N) is 2. The first-order valence-corrected chi connectivity index (χ1v) is 6.01. The minimum Gasteiger partial charge on any atom is -0.461 e. The molecule has 0 amide bonds. The summed E-state index contributed by atoms with van der Waals surface area (Å²) in [4.78, 5) is 24.6. The van der Waals surface area contributed by atoms with Crippen LogP contribution in [0.4, 0.5) is 18.9 Å². The molecule has 1 aromatic heterocycles. The van der Waals surface area contributed by atoms with Gasteiger partial charge in [0.2, 0.25) is 5.69 Å². The summed E-state index contributed by atoms with van der Waals surface area (Å²) in [6.45, 7) is 1.41. The smallest absolute Gasteiger partial charge is 0.461 e. The number of hydrogen-bond donors (Lipinski definition) is 0. The van der Waals surface area contributed by atoms with Crippen LogP contribution in [0.3, 0.4) is 0 Å². The molecular formula is C9H6F3IN2O5. The summed E-state index contributed by atoms with van der Waals surface area (Å²) in [5.74, 6) is -1.96. The minimum absolute atomic E-state index is 0.0605. The van der Waals surface area contributed by atoms with Crippen LogP contribution in [0.1, 0.15) is 17.4 Å². The van der Waals surface area contributed by atoms with E-state index >= 15 is 0 Å². The van der Waals surface area contributed by atoms with E-state index in [1.54, 1.807) is 0 Å². The molecule has 0 spiro atoms. The Bertz CT molecular complexity index is 549. The van der Waals surface area contributed by atoms with Crippen molar-refractivity contribution in [1.29, 1.82) is 0 Å². The molecule has 0 aliphatic carbocycles. The maximum Gasteiger partial charge on any atom is 0.573 e. The van der Waals surface area contributed by atoms with Crippen molar-refractivity contribution in [1.82, 2.24) is 4.98 Å². The molecule has 0 unspecified atom stereocenters. The molecule has 1 rings (SSSR count). The first-order chi connectivity index (χ1) is 9.17. The summed E-state index contributed by atoms with van der Waals surface area (Å²) >= 11 is 1.27. The van der Waals surface area contributed by atoms with E-state index in [9.17, 15) is 28.1 Å². The predicted molar refractivity (Wildman–Crippen MR) is 66.2 cm³/mol. The molecule has 0 atom stereocenters. The van der Waals surface area contributed by atoms with Crippen molar-refractivity contribution in [2.45, 2.75) is 13.3 Å². The highest BCUT2D eigenvalue weighted by atomic mass is 127. The summed E-state index contributed by atoms with van der Waals surface area (Å²) in [6, 6.07) is 0. The summed E-state index contributed by atoms with van der Waals surface area (Å²) in [5.41, 5.74) is -1.58. The lowest BCUT2D eigenvalue weighted by atomic mass is 10.3. The van der Waals surface area contributed by atoms with Gasteiger partial charge in [-0.25, -0.2) is 9.78 Å². The molecule has 0 radical (unpaired) electrons. The van der Waals surface area contributed by atoms with Crippen LogP contribution in [0.5, 0.6) is 5.75 Å². The molecule has 0 N–H and O–H groups in total. The highest BCUT2D eigenvalue weighted by molar-refractivity contribution is 14.1. The molecule has 7 nitrogen and oxygen atoms in total. The second kappa shape index (κ2) is 6.19. The number of hydrogen-bond acceptors (Lipinski definition) is 6. The van der Waals surface area contributed by atoms with Crippen LogP contribution in [0.2, 0.25) is 0 Å². The molecule has 0 saturated carbocycles. The van der Waals surface area contributed by atoms with Crippen molar-refractivity contribution in [2.75, 3.05) is 6.61 Å². The lowest BCUT2D eigenvalue weighted by Crippen LogP contribution is -2.19. The second-order valence-corrected chi connectivity index (χ2v) is 4.24. The molecule has 1 aromatic rings. The van der Waals surface area contributed by atoms with Gasteiger partial charge in [0, 0.05) is 0 Å². The van der Waals surface area contributed by atoms with Gasteiger partial charge in [0.1, 0.15) is 3.57 Å². The number of nitro groups is 1. The Balaban J connectivity index is 3.34. The zero-order valence-corrected chi connectivity index (χ0v) is 11.9. The summed E-state index contributed by atoms with van der Waals surface area (Å²) in [5, 5.41) is 10.9. The SMILES string of the molecule is CCOC(=O)c1ncc(OC(F)(F)F)c(I)c1[N+](=O)[O-]. The number of halogens is 4. The van der Waals surface area contributed by atoms with Crippen LogP contribution in [0.25, 0.3) is 0 Å². The summed E-state index contributed by atoms with van der Waals surface area (Å²) < 4.78 is 44.0. The van der Waals surface area contributed by atoms with Crippen molar-refractivity contribution < 1.29 is 32.4 Å². The van der Waals surface area contributed by atoms with E-state index < -0.39 is 38.0 Å². The Morgan fingerprint density at radius 3 is 2.60 bits per heavy atom. The standard InChI is InChI=1S/C9H6F3IN2O5/c1-2-19-8(16)6-7(15(17)18)5(13)4(3-14-6)20-9(10,11)12/h3H,2H2,1H3. The van der Waals surface area contributed by atoms with Crippen molar-refractivity contribution in [2.24, 2.45) is 0 Å². The van der Waals surface area contributed by atoms with Crippen LogP contribution in [0, 0.1) is 13.7 Å². The Labute approximate surface area is 123 Å². The van der Waals surface area contributed by atoms with Gasteiger partial charge in [-0.3, -0.25) is 10.1 Å². The third kappa shape index (κ3) is 3.91. The quantitative estimate of drug-likeness (QED) is 0.331. The fraction of sp³-hybridized carbons (Fsp3) is 0.333. The Morgan fingerprint density at radius 2 is 2.15 bits per heavy atom. The summed E-state index contributed by atoms with van der Waals surface area (Å²) in [7, 11) is 0. The van der Waals surface area contributed by atoms with E-state index in [0.29, 0.717) is 6.20 Å². The lowest BCUT2D eigenvalue weighted by Gasteiger charge is -2.11. The van der Waals surface area contributed by atoms with Crippen molar-refractivity contribution in [3.63, 3.8) is 0 Å². The molecule has 0 aliphatic rings. The van der Waals surface area contributed by atoms with E-state index in [1.165, 1.54) is 29.5 Å². The van der Waals surface area contributed by atoms with Gasteiger partial charge in [0.15, 0.2) is 5.75 Å². The van der Waals surface area contributed by atoms with Gasteiger partial charge in [-0.1, -0.05) is 0 Å². The predicted octanol–water partition coefficient (Wildman–Crippen LogP) is 2.67. The fourth-order valence-electron chi connectivity index (χ4n) is 1.17. The number of ether oxygens (including phenoxy) is 2. The van der Waals surface area contributed by atoms with E-state index in [0.717, 1.165) is 0 Å². The van der Waals surface area contributed by atoms with Gasteiger partial charge in [-0.05, 0) is 29.5 Å². The Kier molecular flexibility index (Phi) is 5.08. The van der Waals surface area contributed by atoms with Crippen LogP contribution >= 0.6 is 22.6 Å². The normalized spacial score (nSPS) is 11.1. The van der Waals surface area contributed by atoms with Gasteiger partial charge in [0.25, 0.3) is 0 Å². The van der Waals surface area contributed by atoms with Crippen molar-refractivity contribution in [3.8, 4) is 5.75 Å². The topological polar surface area (TPSA) is 91.6 Å². The second-order valence-electron chi connectivity index (χ2n) is 3.16. The van der Waals surface area contributed by atoms with Crippen LogP contribution in [-0.4, -0.2) is 28.8 Å². The third-order valence-electron chi connectivity index (χ3n) is 1.84. The molecule has 0 fully saturated rings. The molecule has 110 valence electrons. The van der Waals surface area contributed by atoms with E-state index in [4.69, 9.17) is 0 Å². The first-order valence-electron chi connectivity index (χ1n) is 4.93. The lowest BCUT2D eigenvalue weighted by molar-refractivity contribution is -0.386. The Morgan fingerprint density at radius 1 is 1.55 bits per heavy atom. The molecule has 11 heteroatoms. The zero-order chi connectivity index (χ0) is 15.5. The van der Waals surface area contributed by atoms with Crippen molar-refractivity contribution in [3.05, 3.63) is 25.6 Å². The molecule has 0 saturated heterocycles. The van der Waals surface area contributed by atoms with E-state index in [2.05, 4.69) is 14.5 Å². The zero-order valence-electron chi connectivity index (χ0n) is 9.73. The maximum atomic E-state index is 12.1. The maximum absolute atomic E-state index is 12.1. The molecule has 0 bridgehead atoms. The van der Waals surface area contributed by atoms with Gasteiger partial charge in [-0.2, -0.15) is 0 Å². The monoisotopic (exact) mass is 406 g/mol. The van der Waals surface area contributed by atoms with Gasteiger partial charge in [-0.15, -0.1) is 13.2 Å². The number of alkyl halides is 3. The largest absolute Gasteiger partial charge is 0.573 e. The highest BCUT2D eigenvalue weighted by Crippen LogP contribution is 2.34. The average molecular weight is 406 g/mol. The first kappa shape index (κ1) is 16.4. The third-order valence-corrected chi connectivity index (χ3v) is 2.88. The number of pyridine rings is 1. The molecule has 0 aromatic carbocycles. The fourth-order valence-corrected chi connectivity index (χ4v) is 1.87. The van der Waals surface area contributed by atoms with E-state index in [1.807, 2.05) is 0 Å². The number of carbonyl (C=O) groups excluding carboxylic acids is 1. The van der Waals surface area contributed by atoms with Gasteiger partial charge in [0.05, 0.1) is 17.7 Å². The van der Waals surface area contributed by atoms with Crippen LogP contribution < -0.4 is 4.74 Å². The van der Waals surface area contributed by atoms with E-state index in [-0.39, 0.29) is 6.61 Å². The van der Waals surface area contributed by atoms with Crippen molar-refractivity contribution >= 4 is 34.2 Å². The van der Waals surface area contributed by atoms with Crippen LogP contribution in [0.15, 0.2) is 6.20 Å². The number of aromatic nitrogens is 1. The highest BCUT2D eigenvalue weighted by Gasteiger charge is 2.36. The van der Waals surface area contributed by atoms with Gasteiger partial charge < -0.3 is 9.47 Å². The Hall–Kier alpha value is -1.66. The molecular weight excluding hydrogens is 400 g/mol. The molecule has 1 heterocycles. The van der Waals surface area contributed by atoms with Crippen LogP contribution in [-0.2, 0) is 4.74 Å².